The fourth-order valence-electron chi connectivity index (χ4n) is 0.178. The minimum atomic E-state index is 0. The van der Waals surface area contributed by atoms with Gasteiger partial charge in [0.15, 0.2) is 0 Å². The summed E-state index contributed by atoms with van der Waals surface area (Å²) in [6, 6.07) is 0.168. The second-order valence-corrected chi connectivity index (χ2v) is 2.37. The van der Waals surface area contributed by atoms with E-state index in [0.717, 1.165) is 0 Å². The maximum atomic E-state index is 5.48. The molecule has 8 heavy (non-hydrogen) atoms. The highest BCUT2D eigenvalue weighted by molar-refractivity contribution is 6.18. The van der Waals surface area contributed by atoms with Gasteiger partial charge in [0.2, 0.25) is 0 Å². The van der Waals surface area contributed by atoms with Gasteiger partial charge in [0, 0.05) is 11.9 Å². The van der Waals surface area contributed by atoms with E-state index in [9.17, 15) is 0 Å². The third-order valence-electron chi connectivity index (χ3n) is 1.03. The van der Waals surface area contributed by atoms with E-state index in [2.05, 4.69) is 13.8 Å². The largest absolute Gasteiger partial charge is 0.326 e. The summed E-state index contributed by atoms with van der Waals surface area (Å²) in [6.07, 6.45) is 0. The second-order valence-electron chi connectivity index (χ2n) is 2.06. The average molecular weight is 158 g/mol. The Bertz CT molecular complexity index is 47.7. The molecule has 0 heterocycles. The number of hydrogen-bond donors (Lipinski definition) is 1. The molecular formula is C5H13Cl2N. The van der Waals surface area contributed by atoms with Crippen molar-refractivity contribution in [1.82, 2.24) is 0 Å². The van der Waals surface area contributed by atoms with E-state index in [0.29, 0.717) is 11.8 Å². The van der Waals surface area contributed by atoms with Crippen LogP contribution in [0.5, 0.6) is 0 Å². The summed E-state index contributed by atoms with van der Waals surface area (Å²) in [6.45, 7) is 4.13. The van der Waals surface area contributed by atoms with Gasteiger partial charge < -0.3 is 5.73 Å². The first-order valence-corrected chi connectivity index (χ1v) is 3.03. The van der Waals surface area contributed by atoms with Crippen LogP contribution in [0.3, 0.4) is 0 Å². The van der Waals surface area contributed by atoms with E-state index >= 15 is 0 Å². The van der Waals surface area contributed by atoms with Gasteiger partial charge in [-0.2, -0.15) is 0 Å². The van der Waals surface area contributed by atoms with Gasteiger partial charge in [0.05, 0.1) is 0 Å². The van der Waals surface area contributed by atoms with Crippen LogP contribution in [0.2, 0.25) is 0 Å². The Hall–Kier alpha value is 0.540. The SMILES string of the molecule is CC(C)[C@@H](N)CCl.Cl. The van der Waals surface area contributed by atoms with Crippen molar-refractivity contribution in [3.63, 3.8) is 0 Å². The van der Waals surface area contributed by atoms with Gasteiger partial charge in [-0.1, -0.05) is 13.8 Å². The molecule has 0 radical (unpaired) electrons. The fraction of sp³-hybridized carbons (Fsp3) is 1.00. The molecule has 52 valence electrons. The van der Waals surface area contributed by atoms with Gasteiger partial charge in [-0.25, -0.2) is 0 Å². The van der Waals surface area contributed by atoms with Crippen LogP contribution in [0.25, 0.3) is 0 Å². The Morgan fingerprint density at radius 1 is 1.50 bits per heavy atom. The standard InChI is InChI=1S/C5H12ClN.ClH/c1-4(2)5(7)3-6;/h4-5H,3,7H2,1-2H3;1H/t5-;/m0./s1. The Balaban J connectivity index is 0. The first kappa shape index (κ1) is 11.4. The number of alkyl halides is 1. The summed E-state index contributed by atoms with van der Waals surface area (Å²) in [5.41, 5.74) is 5.48. The maximum absolute atomic E-state index is 5.48. The smallest absolute Gasteiger partial charge is 0.0377 e. The van der Waals surface area contributed by atoms with Gasteiger partial charge in [-0.05, 0) is 5.92 Å². The zero-order chi connectivity index (χ0) is 5.86. The van der Waals surface area contributed by atoms with Crippen molar-refractivity contribution in [1.29, 1.82) is 0 Å². The van der Waals surface area contributed by atoms with Crippen molar-refractivity contribution >= 4 is 24.0 Å². The summed E-state index contributed by atoms with van der Waals surface area (Å²) in [5, 5.41) is 0. The predicted molar refractivity (Wildman–Crippen MR) is 40.8 cm³/mol. The maximum Gasteiger partial charge on any atom is 0.0377 e. The van der Waals surface area contributed by atoms with Crippen LogP contribution in [-0.4, -0.2) is 11.9 Å². The van der Waals surface area contributed by atoms with Crippen LogP contribution in [0.1, 0.15) is 13.8 Å². The lowest BCUT2D eigenvalue weighted by molar-refractivity contribution is 0.533. The Labute approximate surface area is 62.0 Å². The minimum Gasteiger partial charge on any atom is -0.326 e. The molecule has 0 amide bonds. The minimum absolute atomic E-state index is 0. The van der Waals surface area contributed by atoms with E-state index in [1.54, 1.807) is 0 Å². The molecule has 0 bridgehead atoms. The molecule has 0 aliphatic rings. The molecule has 0 aliphatic heterocycles. The van der Waals surface area contributed by atoms with Crippen LogP contribution < -0.4 is 5.73 Å². The molecule has 0 unspecified atom stereocenters. The van der Waals surface area contributed by atoms with Gasteiger partial charge in [0.1, 0.15) is 0 Å². The summed E-state index contributed by atoms with van der Waals surface area (Å²) >= 11 is 5.42. The molecule has 0 aromatic heterocycles. The van der Waals surface area contributed by atoms with E-state index in [-0.39, 0.29) is 18.4 Å². The van der Waals surface area contributed by atoms with Crippen molar-refractivity contribution in [3.05, 3.63) is 0 Å². The van der Waals surface area contributed by atoms with Crippen LogP contribution in [-0.2, 0) is 0 Å². The Morgan fingerprint density at radius 2 is 1.88 bits per heavy atom. The van der Waals surface area contributed by atoms with E-state index < -0.39 is 0 Å². The van der Waals surface area contributed by atoms with E-state index in [4.69, 9.17) is 17.3 Å². The average Bonchev–Trinajstić information content (AvgIpc) is 1.65. The molecule has 0 fully saturated rings. The normalized spacial score (nSPS) is 13.1. The summed E-state index contributed by atoms with van der Waals surface area (Å²) < 4.78 is 0. The number of rotatable bonds is 2. The first-order chi connectivity index (χ1) is 3.18. The Kier molecular flexibility index (Phi) is 8.05. The van der Waals surface area contributed by atoms with Crippen molar-refractivity contribution in [2.45, 2.75) is 19.9 Å². The summed E-state index contributed by atoms with van der Waals surface area (Å²) in [7, 11) is 0. The molecule has 0 rings (SSSR count). The highest BCUT2D eigenvalue weighted by atomic mass is 35.5. The predicted octanol–water partition coefficient (Wildman–Crippen LogP) is 1.63. The molecular weight excluding hydrogens is 145 g/mol. The van der Waals surface area contributed by atoms with Crippen molar-refractivity contribution in [3.8, 4) is 0 Å². The molecule has 0 aliphatic carbocycles. The topological polar surface area (TPSA) is 26.0 Å². The van der Waals surface area contributed by atoms with Crippen molar-refractivity contribution in [2.75, 3.05) is 5.88 Å². The molecule has 3 heteroatoms. The number of halogens is 2. The van der Waals surface area contributed by atoms with Crippen molar-refractivity contribution < 1.29 is 0 Å². The zero-order valence-electron chi connectivity index (χ0n) is 5.23. The molecule has 0 aromatic carbocycles. The number of nitrogens with two attached hydrogens (primary N) is 1. The molecule has 0 spiro atoms. The van der Waals surface area contributed by atoms with Gasteiger partial charge in [-0.3, -0.25) is 0 Å². The molecule has 0 saturated carbocycles. The van der Waals surface area contributed by atoms with Crippen LogP contribution in [0.4, 0.5) is 0 Å². The van der Waals surface area contributed by atoms with Crippen LogP contribution >= 0.6 is 24.0 Å². The quantitative estimate of drug-likeness (QED) is 0.607. The molecule has 2 N–H and O–H groups in total. The highest BCUT2D eigenvalue weighted by Crippen LogP contribution is 1.98. The second kappa shape index (κ2) is 5.67. The third-order valence-corrected chi connectivity index (χ3v) is 1.39. The molecule has 0 aromatic rings. The highest BCUT2D eigenvalue weighted by Gasteiger charge is 2.02. The van der Waals surface area contributed by atoms with E-state index in [1.165, 1.54) is 0 Å². The molecule has 1 nitrogen and oxygen atoms in total. The first-order valence-electron chi connectivity index (χ1n) is 2.50. The van der Waals surface area contributed by atoms with Crippen LogP contribution in [0, 0.1) is 5.92 Å². The lowest BCUT2D eigenvalue weighted by atomic mass is 10.1. The van der Waals surface area contributed by atoms with Gasteiger partial charge in [-0.15, -0.1) is 24.0 Å². The lowest BCUT2D eigenvalue weighted by Gasteiger charge is -2.09. The summed E-state index contributed by atoms with van der Waals surface area (Å²) in [4.78, 5) is 0. The molecule has 0 saturated heterocycles. The number of hydrogen-bond acceptors (Lipinski definition) is 1. The lowest BCUT2D eigenvalue weighted by Crippen LogP contribution is -2.27. The van der Waals surface area contributed by atoms with Crippen LogP contribution in [0.15, 0.2) is 0 Å². The third kappa shape index (κ3) is 4.69. The fourth-order valence-corrected chi connectivity index (χ4v) is 0.535. The van der Waals surface area contributed by atoms with Gasteiger partial charge >= 0.3 is 0 Å². The Morgan fingerprint density at radius 3 is 1.88 bits per heavy atom. The van der Waals surface area contributed by atoms with Gasteiger partial charge in [0.25, 0.3) is 0 Å². The zero-order valence-corrected chi connectivity index (χ0v) is 6.80. The summed E-state index contributed by atoms with van der Waals surface area (Å²) in [5.74, 6) is 1.08. The monoisotopic (exact) mass is 157 g/mol. The van der Waals surface area contributed by atoms with E-state index in [1.807, 2.05) is 0 Å². The molecule has 1 atom stereocenters. The van der Waals surface area contributed by atoms with Crippen molar-refractivity contribution in [2.24, 2.45) is 11.7 Å².